The van der Waals surface area contributed by atoms with Gasteiger partial charge in [0.15, 0.2) is 0 Å². The van der Waals surface area contributed by atoms with E-state index in [-0.39, 0.29) is 0 Å². The number of hydrogen-bond acceptors (Lipinski definition) is 2. The van der Waals surface area contributed by atoms with Gasteiger partial charge >= 0.3 is 0 Å². The highest BCUT2D eigenvalue weighted by atomic mass is 79.9. The normalized spacial score (nSPS) is 10.8. The predicted molar refractivity (Wildman–Crippen MR) is 73.2 cm³/mol. The molecule has 2 rings (SSSR count). The highest BCUT2D eigenvalue weighted by Crippen LogP contribution is 2.27. The van der Waals surface area contributed by atoms with E-state index in [9.17, 15) is 0 Å². The highest BCUT2D eigenvalue weighted by Gasteiger charge is 2.07. The molecule has 0 atom stereocenters. The molecular formula is C13H15BrN2. The molecule has 1 aromatic carbocycles. The van der Waals surface area contributed by atoms with Gasteiger partial charge in [-0.3, -0.25) is 0 Å². The molecule has 84 valence electrons. The van der Waals surface area contributed by atoms with Crippen molar-refractivity contribution in [3.63, 3.8) is 0 Å². The van der Waals surface area contributed by atoms with Gasteiger partial charge in [-0.2, -0.15) is 0 Å². The standard InChI is InChI=1S/C13H15BrN2/c1-8-6-12(16(3)4)15-13-9(2)5-10(14)7-11(8)13/h5-7H,1-4H3. The summed E-state index contributed by atoms with van der Waals surface area (Å²) in [4.78, 5) is 6.72. The Balaban J connectivity index is 2.82. The maximum atomic E-state index is 4.68. The Morgan fingerprint density at radius 3 is 2.38 bits per heavy atom. The Kier molecular flexibility index (Phi) is 2.89. The highest BCUT2D eigenvalue weighted by molar-refractivity contribution is 9.10. The van der Waals surface area contributed by atoms with Crippen LogP contribution in [-0.2, 0) is 0 Å². The van der Waals surface area contributed by atoms with Gasteiger partial charge in [0, 0.05) is 24.0 Å². The summed E-state index contributed by atoms with van der Waals surface area (Å²) >= 11 is 3.53. The van der Waals surface area contributed by atoms with Crippen LogP contribution in [0.2, 0.25) is 0 Å². The summed E-state index contributed by atoms with van der Waals surface area (Å²) in [5.74, 6) is 1.01. The molecule has 0 aliphatic heterocycles. The van der Waals surface area contributed by atoms with E-state index in [0.717, 1.165) is 15.8 Å². The molecule has 1 heterocycles. The van der Waals surface area contributed by atoms with E-state index in [4.69, 9.17) is 0 Å². The number of fused-ring (bicyclic) bond motifs is 1. The van der Waals surface area contributed by atoms with Crippen LogP contribution in [0.5, 0.6) is 0 Å². The number of pyridine rings is 1. The van der Waals surface area contributed by atoms with Crippen LogP contribution in [0.3, 0.4) is 0 Å². The molecule has 0 N–H and O–H groups in total. The van der Waals surface area contributed by atoms with Gasteiger partial charge in [-0.1, -0.05) is 15.9 Å². The van der Waals surface area contributed by atoms with Gasteiger partial charge in [0.1, 0.15) is 5.82 Å². The molecule has 0 spiro atoms. The number of aromatic nitrogens is 1. The van der Waals surface area contributed by atoms with Gasteiger partial charge in [-0.25, -0.2) is 4.98 Å². The van der Waals surface area contributed by atoms with Crippen molar-refractivity contribution < 1.29 is 0 Å². The number of hydrogen-bond donors (Lipinski definition) is 0. The van der Waals surface area contributed by atoms with Crippen LogP contribution in [0.25, 0.3) is 10.9 Å². The topological polar surface area (TPSA) is 16.1 Å². The zero-order chi connectivity index (χ0) is 11.9. The Hall–Kier alpha value is -1.09. The molecule has 0 bridgehead atoms. The first-order valence-corrected chi connectivity index (χ1v) is 6.03. The lowest BCUT2D eigenvalue weighted by Crippen LogP contribution is -2.11. The minimum atomic E-state index is 1.01. The molecule has 3 heteroatoms. The second kappa shape index (κ2) is 4.06. The van der Waals surface area contributed by atoms with E-state index < -0.39 is 0 Å². The lowest BCUT2D eigenvalue weighted by molar-refractivity contribution is 1.08. The quantitative estimate of drug-likeness (QED) is 0.791. The van der Waals surface area contributed by atoms with Crippen LogP contribution < -0.4 is 4.90 Å². The molecule has 0 saturated carbocycles. The average Bonchev–Trinajstić information content (AvgIpc) is 2.19. The van der Waals surface area contributed by atoms with Crippen molar-refractivity contribution in [2.75, 3.05) is 19.0 Å². The summed E-state index contributed by atoms with van der Waals surface area (Å²) in [6.45, 7) is 4.22. The van der Waals surface area contributed by atoms with Crippen molar-refractivity contribution in [2.24, 2.45) is 0 Å². The number of halogens is 1. The molecule has 16 heavy (non-hydrogen) atoms. The second-order valence-corrected chi connectivity index (χ2v) is 5.23. The van der Waals surface area contributed by atoms with E-state index in [1.165, 1.54) is 16.5 Å². The third-order valence-electron chi connectivity index (χ3n) is 2.72. The monoisotopic (exact) mass is 278 g/mol. The third-order valence-corrected chi connectivity index (χ3v) is 3.18. The van der Waals surface area contributed by atoms with Crippen LogP contribution in [0.1, 0.15) is 11.1 Å². The van der Waals surface area contributed by atoms with Gasteiger partial charge in [-0.15, -0.1) is 0 Å². The molecule has 0 radical (unpaired) electrons. The molecule has 2 nitrogen and oxygen atoms in total. The number of nitrogens with zero attached hydrogens (tertiary/aromatic N) is 2. The molecule has 0 aliphatic rings. The first-order chi connectivity index (χ1) is 7.49. The van der Waals surface area contributed by atoms with Crippen molar-refractivity contribution in [1.29, 1.82) is 0 Å². The molecule has 0 saturated heterocycles. The van der Waals surface area contributed by atoms with Crippen molar-refractivity contribution in [3.8, 4) is 0 Å². The molecule has 0 fully saturated rings. The van der Waals surface area contributed by atoms with E-state index in [0.29, 0.717) is 0 Å². The number of aryl methyl sites for hydroxylation is 2. The SMILES string of the molecule is Cc1cc(N(C)C)nc2c(C)cc(Br)cc12. The average molecular weight is 279 g/mol. The Labute approximate surface area is 104 Å². The lowest BCUT2D eigenvalue weighted by atomic mass is 10.1. The Morgan fingerprint density at radius 1 is 1.06 bits per heavy atom. The summed E-state index contributed by atoms with van der Waals surface area (Å²) in [6, 6.07) is 6.35. The molecule has 0 unspecified atom stereocenters. The number of anilines is 1. The summed E-state index contributed by atoms with van der Waals surface area (Å²) in [5, 5.41) is 1.22. The van der Waals surface area contributed by atoms with Crippen molar-refractivity contribution in [3.05, 3.63) is 33.8 Å². The maximum absolute atomic E-state index is 4.68. The van der Waals surface area contributed by atoms with Crippen molar-refractivity contribution in [1.82, 2.24) is 4.98 Å². The van der Waals surface area contributed by atoms with E-state index in [1.54, 1.807) is 0 Å². The van der Waals surface area contributed by atoms with Crippen LogP contribution >= 0.6 is 15.9 Å². The van der Waals surface area contributed by atoms with E-state index in [2.05, 4.69) is 53.0 Å². The molecule has 0 aliphatic carbocycles. The largest absolute Gasteiger partial charge is 0.363 e. The van der Waals surface area contributed by atoms with Crippen molar-refractivity contribution in [2.45, 2.75) is 13.8 Å². The first kappa shape index (κ1) is 11.4. The molecule has 1 aromatic heterocycles. The van der Waals surface area contributed by atoms with Crippen LogP contribution in [0.15, 0.2) is 22.7 Å². The zero-order valence-corrected chi connectivity index (χ0v) is 11.6. The Morgan fingerprint density at radius 2 is 1.75 bits per heavy atom. The van der Waals surface area contributed by atoms with Gasteiger partial charge < -0.3 is 4.90 Å². The number of benzene rings is 1. The van der Waals surface area contributed by atoms with Gasteiger partial charge in [0.25, 0.3) is 0 Å². The summed E-state index contributed by atoms with van der Waals surface area (Å²) in [5.41, 5.74) is 3.56. The van der Waals surface area contributed by atoms with E-state index >= 15 is 0 Å². The summed E-state index contributed by atoms with van der Waals surface area (Å²) in [7, 11) is 4.03. The summed E-state index contributed by atoms with van der Waals surface area (Å²) in [6.07, 6.45) is 0. The predicted octanol–water partition coefficient (Wildman–Crippen LogP) is 3.68. The van der Waals surface area contributed by atoms with Gasteiger partial charge in [-0.05, 0) is 43.2 Å². The maximum Gasteiger partial charge on any atom is 0.129 e. The Bertz CT molecular complexity index is 547. The zero-order valence-electron chi connectivity index (χ0n) is 10.0. The third kappa shape index (κ3) is 1.92. The van der Waals surface area contributed by atoms with Gasteiger partial charge in [0.2, 0.25) is 0 Å². The van der Waals surface area contributed by atoms with Gasteiger partial charge in [0.05, 0.1) is 5.52 Å². The fraction of sp³-hybridized carbons (Fsp3) is 0.308. The first-order valence-electron chi connectivity index (χ1n) is 5.24. The minimum Gasteiger partial charge on any atom is -0.363 e. The van der Waals surface area contributed by atoms with Crippen LogP contribution in [0.4, 0.5) is 5.82 Å². The molecular weight excluding hydrogens is 264 g/mol. The fourth-order valence-electron chi connectivity index (χ4n) is 1.83. The van der Waals surface area contributed by atoms with Crippen LogP contribution in [-0.4, -0.2) is 19.1 Å². The smallest absolute Gasteiger partial charge is 0.129 e. The minimum absolute atomic E-state index is 1.01. The fourth-order valence-corrected chi connectivity index (χ4v) is 2.40. The van der Waals surface area contributed by atoms with Crippen LogP contribution in [0, 0.1) is 13.8 Å². The number of rotatable bonds is 1. The van der Waals surface area contributed by atoms with Crippen molar-refractivity contribution >= 4 is 32.7 Å². The van der Waals surface area contributed by atoms with E-state index in [1.807, 2.05) is 19.0 Å². The second-order valence-electron chi connectivity index (χ2n) is 4.31. The molecule has 2 aromatic rings. The lowest BCUT2D eigenvalue weighted by Gasteiger charge is -2.14. The summed E-state index contributed by atoms with van der Waals surface area (Å²) < 4.78 is 1.11. The molecule has 0 amide bonds.